The zero-order chi connectivity index (χ0) is 25.9. The molecule has 0 bridgehead atoms. The molecular formula is C20H21N11O4S2. The number of thioether (sulfide) groups is 2. The number of carbonyl (C=O) groups is 3. The van der Waals surface area contributed by atoms with E-state index in [0.29, 0.717) is 22.3 Å². The Hall–Kier alpha value is -3.99. The van der Waals surface area contributed by atoms with E-state index >= 15 is 0 Å². The summed E-state index contributed by atoms with van der Waals surface area (Å²) < 4.78 is 1.52. The first kappa shape index (κ1) is 24.7. The molecule has 1 saturated heterocycles. The number of hydrogen-bond acceptors (Lipinski definition) is 12. The SMILES string of the molecule is CC(c1nnn[nH]1)n1nnnc1SCC1=C(C(=O)O)N2C(=O)C(NC(=O)CNc3ccccc3)[C@@H]2SC1. The summed E-state index contributed by atoms with van der Waals surface area (Å²) in [6.45, 7) is 1.81. The van der Waals surface area contributed by atoms with Gasteiger partial charge in [-0.1, -0.05) is 30.0 Å². The Balaban J connectivity index is 1.23. The molecule has 15 nitrogen and oxygen atoms in total. The first-order valence-corrected chi connectivity index (χ1v) is 13.1. The maximum Gasteiger partial charge on any atom is 0.352 e. The predicted octanol–water partition coefficient (Wildman–Crippen LogP) is -0.262. The van der Waals surface area contributed by atoms with Crippen molar-refractivity contribution in [1.82, 2.24) is 51.0 Å². The zero-order valence-corrected chi connectivity index (χ0v) is 20.9. The van der Waals surface area contributed by atoms with E-state index in [1.54, 1.807) is 0 Å². The normalized spacial score (nSPS) is 19.7. The molecular weight excluding hydrogens is 522 g/mol. The lowest BCUT2D eigenvalue weighted by atomic mass is 10.0. The topological polar surface area (TPSA) is 197 Å². The molecule has 3 aromatic rings. The van der Waals surface area contributed by atoms with Crippen LogP contribution in [0.25, 0.3) is 0 Å². The standard InChI is InChI=1S/C20H21N11O4S2/c1-10(16-23-26-27-24-16)31-20(25-28-29-31)37-9-11-8-36-18-14(17(33)30(18)15(11)19(34)35)22-13(32)7-21-12-5-3-2-4-6-12/h2-6,10,14,18,21H,7-9H2,1H3,(H,22,32)(H,34,35)(H,23,24,26,27)/t10?,14?,18-/m0/s1. The van der Waals surface area contributed by atoms with Gasteiger partial charge in [-0.2, -0.15) is 0 Å². The van der Waals surface area contributed by atoms with Gasteiger partial charge in [-0.15, -0.1) is 22.0 Å². The van der Waals surface area contributed by atoms with Crippen LogP contribution in [0.5, 0.6) is 0 Å². The van der Waals surface area contributed by atoms with E-state index in [0.717, 1.165) is 5.69 Å². The number of hydrogen-bond donors (Lipinski definition) is 4. The number of aromatic amines is 1. The largest absolute Gasteiger partial charge is 0.477 e. The van der Waals surface area contributed by atoms with Gasteiger partial charge in [0.15, 0.2) is 5.82 Å². The molecule has 0 radical (unpaired) electrons. The first-order valence-electron chi connectivity index (χ1n) is 11.1. The summed E-state index contributed by atoms with van der Waals surface area (Å²) in [6, 6.07) is 8.05. The number of H-pyrrole nitrogens is 1. The number of nitrogens with one attached hydrogen (secondary N) is 3. The van der Waals surface area contributed by atoms with Gasteiger partial charge in [0, 0.05) is 17.2 Å². The van der Waals surface area contributed by atoms with Gasteiger partial charge in [0.2, 0.25) is 11.1 Å². The number of anilines is 1. The molecule has 4 heterocycles. The maximum absolute atomic E-state index is 12.9. The van der Waals surface area contributed by atoms with Crippen LogP contribution in [-0.4, -0.2) is 98.1 Å². The fourth-order valence-electron chi connectivity index (χ4n) is 3.89. The minimum atomic E-state index is -1.20. The summed E-state index contributed by atoms with van der Waals surface area (Å²) in [5, 5.41) is 40.9. The average molecular weight is 544 g/mol. The average Bonchev–Trinajstić information content (AvgIpc) is 3.61. The van der Waals surface area contributed by atoms with Crippen LogP contribution in [-0.2, 0) is 14.4 Å². The Kier molecular flexibility index (Phi) is 7.04. The van der Waals surface area contributed by atoms with E-state index in [-0.39, 0.29) is 29.9 Å². The molecule has 17 heteroatoms. The van der Waals surface area contributed by atoms with Crippen LogP contribution in [0, 0.1) is 0 Å². The summed E-state index contributed by atoms with van der Waals surface area (Å²) in [6.07, 6.45) is 0. The highest BCUT2D eigenvalue weighted by atomic mass is 32.2. The second-order valence-electron chi connectivity index (χ2n) is 8.09. The van der Waals surface area contributed by atoms with Gasteiger partial charge in [0.1, 0.15) is 23.2 Å². The second-order valence-corrected chi connectivity index (χ2v) is 10.1. The number of β-lactam (4-membered cyclic amide) rings is 1. The van der Waals surface area contributed by atoms with Crippen LogP contribution < -0.4 is 10.6 Å². The summed E-state index contributed by atoms with van der Waals surface area (Å²) in [5.74, 6) is -0.917. The summed E-state index contributed by atoms with van der Waals surface area (Å²) >= 11 is 2.65. The number of para-hydroxylation sites is 1. The van der Waals surface area contributed by atoms with Crippen molar-refractivity contribution in [1.29, 1.82) is 0 Å². The molecule has 2 unspecified atom stereocenters. The number of amides is 2. The van der Waals surface area contributed by atoms with E-state index in [1.165, 1.54) is 33.1 Å². The van der Waals surface area contributed by atoms with Crippen molar-refractivity contribution in [2.24, 2.45) is 0 Å². The fraction of sp³-hybridized carbons (Fsp3) is 0.350. The number of benzene rings is 1. The minimum Gasteiger partial charge on any atom is -0.477 e. The molecule has 3 atom stereocenters. The number of aromatic nitrogens is 8. The molecule has 2 aliphatic heterocycles. The number of carbonyl (C=O) groups excluding carboxylic acids is 2. The Bertz CT molecular complexity index is 1330. The van der Waals surface area contributed by atoms with Gasteiger partial charge in [0.05, 0.1) is 6.54 Å². The van der Waals surface area contributed by atoms with Gasteiger partial charge in [0.25, 0.3) is 5.91 Å². The molecule has 2 amide bonds. The lowest BCUT2D eigenvalue weighted by Crippen LogP contribution is -2.71. The molecule has 0 spiro atoms. The molecule has 2 aliphatic rings. The zero-order valence-electron chi connectivity index (χ0n) is 19.3. The number of carboxylic acids is 1. The molecule has 2 aromatic heterocycles. The van der Waals surface area contributed by atoms with Crippen molar-refractivity contribution in [3.63, 3.8) is 0 Å². The third-order valence-corrected chi connectivity index (χ3v) is 8.11. The summed E-state index contributed by atoms with van der Waals surface area (Å²) in [5.41, 5.74) is 1.27. The van der Waals surface area contributed by atoms with Gasteiger partial charge in [-0.25, -0.2) is 14.6 Å². The summed E-state index contributed by atoms with van der Waals surface area (Å²) in [4.78, 5) is 38.7. The van der Waals surface area contributed by atoms with Crippen LogP contribution in [0.1, 0.15) is 18.8 Å². The van der Waals surface area contributed by atoms with E-state index in [9.17, 15) is 19.5 Å². The lowest BCUT2D eigenvalue weighted by Gasteiger charge is -2.49. The molecule has 1 aromatic carbocycles. The Morgan fingerprint density at radius 2 is 2.08 bits per heavy atom. The number of carboxylic acid groups (broad SMARTS) is 1. The Morgan fingerprint density at radius 1 is 1.27 bits per heavy atom. The Labute approximate surface area is 217 Å². The highest BCUT2D eigenvalue weighted by Gasteiger charge is 2.54. The van der Waals surface area contributed by atoms with E-state index < -0.39 is 23.3 Å². The van der Waals surface area contributed by atoms with Crippen molar-refractivity contribution in [3.05, 3.63) is 47.4 Å². The van der Waals surface area contributed by atoms with Gasteiger partial charge in [-0.05, 0) is 45.5 Å². The molecule has 0 aliphatic carbocycles. The number of rotatable bonds is 10. The molecule has 37 heavy (non-hydrogen) atoms. The van der Waals surface area contributed by atoms with Crippen LogP contribution in [0.4, 0.5) is 5.69 Å². The third-order valence-electron chi connectivity index (χ3n) is 5.76. The van der Waals surface area contributed by atoms with Gasteiger partial charge in [-0.3, -0.25) is 14.5 Å². The Morgan fingerprint density at radius 3 is 2.81 bits per heavy atom. The third kappa shape index (κ3) is 4.99. The van der Waals surface area contributed by atoms with Crippen LogP contribution in [0.15, 0.2) is 46.8 Å². The quantitative estimate of drug-likeness (QED) is 0.193. The van der Waals surface area contributed by atoms with Crippen LogP contribution in [0.3, 0.4) is 0 Å². The smallest absolute Gasteiger partial charge is 0.352 e. The summed E-state index contributed by atoms with van der Waals surface area (Å²) in [7, 11) is 0. The van der Waals surface area contributed by atoms with Crippen molar-refractivity contribution >= 4 is 47.0 Å². The molecule has 5 rings (SSSR count). The van der Waals surface area contributed by atoms with Crippen molar-refractivity contribution in [2.75, 3.05) is 23.4 Å². The lowest BCUT2D eigenvalue weighted by molar-refractivity contribution is -0.150. The van der Waals surface area contributed by atoms with Crippen LogP contribution >= 0.6 is 23.5 Å². The van der Waals surface area contributed by atoms with E-state index in [4.69, 9.17) is 0 Å². The maximum atomic E-state index is 12.9. The van der Waals surface area contributed by atoms with Gasteiger partial charge >= 0.3 is 5.97 Å². The molecule has 1 fully saturated rings. The molecule has 192 valence electrons. The highest BCUT2D eigenvalue weighted by molar-refractivity contribution is 8.01. The minimum absolute atomic E-state index is 0.00797. The number of aliphatic carboxylic acids is 1. The van der Waals surface area contributed by atoms with E-state index in [1.807, 2.05) is 37.3 Å². The van der Waals surface area contributed by atoms with E-state index in [2.05, 4.69) is 46.8 Å². The fourth-order valence-corrected chi connectivity index (χ4v) is 6.33. The molecule has 4 N–H and O–H groups in total. The van der Waals surface area contributed by atoms with Gasteiger partial charge < -0.3 is 15.7 Å². The monoisotopic (exact) mass is 543 g/mol. The highest BCUT2D eigenvalue weighted by Crippen LogP contribution is 2.41. The number of fused-ring (bicyclic) bond motifs is 1. The number of nitrogens with zero attached hydrogens (tertiary/aromatic N) is 8. The van der Waals surface area contributed by atoms with Crippen molar-refractivity contribution in [2.45, 2.75) is 29.5 Å². The molecule has 0 saturated carbocycles. The first-order chi connectivity index (χ1) is 17.9. The van der Waals surface area contributed by atoms with Crippen LogP contribution in [0.2, 0.25) is 0 Å². The van der Waals surface area contributed by atoms with Crippen molar-refractivity contribution < 1.29 is 19.5 Å². The van der Waals surface area contributed by atoms with Crippen molar-refractivity contribution in [3.8, 4) is 0 Å². The predicted molar refractivity (Wildman–Crippen MR) is 131 cm³/mol. The number of tetrazole rings is 2. The second kappa shape index (κ2) is 10.6.